The Hall–Kier alpha value is -1.59. The minimum atomic E-state index is 0. The second-order valence-corrected chi connectivity index (χ2v) is 5.95. The summed E-state index contributed by atoms with van der Waals surface area (Å²) in [7, 11) is 0. The van der Waals surface area contributed by atoms with Gasteiger partial charge < -0.3 is 15.7 Å². The Labute approximate surface area is 150 Å². The van der Waals surface area contributed by atoms with Gasteiger partial charge in [0.2, 0.25) is 0 Å². The average Bonchev–Trinajstić information content (AvgIpc) is 2.63. The van der Waals surface area contributed by atoms with Crippen molar-refractivity contribution in [3.8, 4) is 0 Å². The van der Waals surface area contributed by atoms with Crippen LogP contribution in [-0.4, -0.2) is 42.8 Å². The number of hydrogen-bond donors (Lipinski definition) is 3. The van der Waals surface area contributed by atoms with Crippen LogP contribution in [0.25, 0.3) is 0 Å². The highest BCUT2D eigenvalue weighted by molar-refractivity contribution is 5.85. The molecule has 130 valence electrons. The molecule has 0 aromatic heterocycles. The van der Waals surface area contributed by atoms with Gasteiger partial charge >= 0.3 is 0 Å². The minimum absolute atomic E-state index is 0. The Kier molecular flexibility index (Phi) is 7.53. The molecule has 0 saturated carbocycles. The molecule has 3 rings (SSSR count). The van der Waals surface area contributed by atoms with Crippen molar-refractivity contribution < 1.29 is 5.11 Å². The summed E-state index contributed by atoms with van der Waals surface area (Å²) in [5.41, 5.74) is 3.56. The molecule has 0 radical (unpaired) electrons. The van der Waals surface area contributed by atoms with E-state index in [0.717, 1.165) is 38.4 Å². The van der Waals surface area contributed by atoms with Gasteiger partial charge in [0.05, 0.1) is 12.6 Å². The number of benzene rings is 2. The molecular formula is C19H26ClN3O. The van der Waals surface area contributed by atoms with Gasteiger partial charge in [-0.15, -0.1) is 12.4 Å². The molecule has 2 aromatic rings. The number of nitrogens with one attached hydrogen (secondary N) is 2. The van der Waals surface area contributed by atoms with Gasteiger partial charge in [-0.1, -0.05) is 42.5 Å². The molecule has 0 unspecified atom stereocenters. The van der Waals surface area contributed by atoms with Crippen LogP contribution in [0.1, 0.15) is 17.2 Å². The number of aliphatic hydroxyl groups excluding tert-OH is 1. The standard InChI is InChI=1S/C19H25N3O.ClH/c23-15-19(22-12-10-20-11-13-22)17-6-8-18(9-7-17)21-14-16-4-2-1-3-5-16;/h1-9,19-21,23H,10-15H2;1H/t19-;/m1./s1. The van der Waals surface area contributed by atoms with Gasteiger partial charge in [-0.3, -0.25) is 4.90 Å². The van der Waals surface area contributed by atoms with Crippen molar-refractivity contribution in [2.45, 2.75) is 12.6 Å². The minimum Gasteiger partial charge on any atom is -0.394 e. The van der Waals surface area contributed by atoms with Crippen LogP contribution in [-0.2, 0) is 6.54 Å². The number of anilines is 1. The molecular weight excluding hydrogens is 322 g/mol. The first-order chi connectivity index (χ1) is 11.4. The van der Waals surface area contributed by atoms with Gasteiger partial charge in [-0.05, 0) is 23.3 Å². The normalized spacial score (nSPS) is 16.2. The van der Waals surface area contributed by atoms with Gasteiger partial charge in [0.15, 0.2) is 0 Å². The summed E-state index contributed by atoms with van der Waals surface area (Å²) in [4.78, 5) is 2.35. The molecule has 3 N–H and O–H groups in total. The van der Waals surface area contributed by atoms with Gasteiger partial charge in [0, 0.05) is 38.4 Å². The van der Waals surface area contributed by atoms with Crippen LogP contribution in [0.5, 0.6) is 0 Å². The fraction of sp³-hybridized carbons (Fsp3) is 0.368. The van der Waals surface area contributed by atoms with Crippen molar-refractivity contribution >= 4 is 18.1 Å². The van der Waals surface area contributed by atoms with E-state index >= 15 is 0 Å². The molecule has 4 nitrogen and oxygen atoms in total. The summed E-state index contributed by atoms with van der Waals surface area (Å²) >= 11 is 0. The molecule has 0 bridgehead atoms. The molecule has 1 saturated heterocycles. The molecule has 0 spiro atoms. The van der Waals surface area contributed by atoms with Crippen molar-refractivity contribution in [1.29, 1.82) is 0 Å². The highest BCUT2D eigenvalue weighted by Gasteiger charge is 2.21. The highest BCUT2D eigenvalue weighted by atomic mass is 35.5. The van der Waals surface area contributed by atoms with Gasteiger partial charge in [0.1, 0.15) is 0 Å². The first-order valence-electron chi connectivity index (χ1n) is 8.30. The van der Waals surface area contributed by atoms with Crippen LogP contribution in [0.3, 0.4) is 0 Å². The number of aliphatic hydroxyl groups is 1. The summed E-state index contributed by atoms with van der Waals surface area (Å²) in [6.07, 6.45) is 0. The summed E-state index contributed by atoms with van der Waals surface area (Å²) in [6, 6.07) is 18.9. The Bertz CT molecular complexity index is 585. The topological polar surface area (TPSA) is 47.5 Å². The molecule has 5 heteroatoms. The van der Waals surface area contributed by atoms with Crippen molar-refractivity contribution in [3.05, 3.63) is 65.7 Å². The van der Waals surface area contributed by atoms with Crippen LogP contribution < -0.4 is 10.6 Å². The number of rotatable bonds is 6. The number of nitrogens with zero attached hydrogens (tertiary/aromatic N) is 1. The zero-order valence-electron chi connectivity index (χ0n) is 13.8. The van der Waals surface area contributed by atoms with Crippen molar-refractivity contribution in [1.82, 2.24) is 10.2 Å². The van der Waals surface area contributed by atoms with Gasteiger partial charge in [-0.2, -0.15) is 0 Å². The third-order valence-corrected chi connectivity index (χ3v) is 4.40. The lowest BCUT2D eigenvalue weighted by atomic mass is 10.0. The number of piperazine rings is 1. The van der Waals surface area contributed by atoms with E-state index in [0.29, 0.717) is 0 Å². The molecule has 1 aliphatic heterocycles. The van der Waals surface area contributed by atoms with E-state index in [4.69, 9.17) is 0 Å². The smallest absolute Gasteiger partial charge is 0.0628 e. The van der Waals surface area contributed by atoms with E-state index in [1.807, 2.05) is 6.07 Å². The van der Waals surface area contributed by atoms with Crippen LogP contribution in [0.2, 0.25) is 0 Å². The highest BCUT2D eigenvalue weighted by Crippen LogP contribution is 2.22. The fourth-order valence-corrected chi connectivity index (χ4v) is 3.05. The summed E-state index contributed by atoms with van der Waals surface area (Å²) in [5.74, 6) is 0. The maximum atomic E-state index is 9.78. The van der Waals surface area contributed by atoms with Crippen LogP contribution in [0, 0.1) is 0 Å². The predicted octanol–water partition coefficient (Wildman–Crippen LogP) is 2.66. The lowest BCUT2D eigenvalue weighted by Crippen LogP contribution is -2.46. The Morgan fingerprint density at radius 3 is 2.29 bits per heavy atom. The fourth-order valence-electron chi connectivity index (χ4n) is 3.05. The van der Waals surface area contributed by atoms with Crippen LogP contribution in [0.15, 0.2) is 54.6 Å². The third kappa shape index (κ3) is 4.95. The lowest BCUT2D eigenvalue weighted by Gasteiger charge is -2.34. The quantitative estimate of drug-likeness (QED) is 0.752. The average molecular weight is 348 g/mol. The van der Waals surface area contributed by atoms with Crippen LogP contribution in [0.4, 0.5) is 5.69 Å². The Morgan fingerprint density at radius 2 is 1.67 bits per heavy atom. The zero-order valence-corrected chi connectivity index (χ0v) is 14.6. The second-order valence-electron chi connectivity index (χ2n) is 5.95. The molecule has 1 heterocycles. The number of hydrogen-bond acceptors (Lipinski definition) is 4. The summed E-state index contributed by atoms with van der Waals surface area (Å²) in [6.45, 7) is 4.94. The Balaban J connectivity index is 0.00000208. The van der Waals surface area contributed by atoms with E-state index in [-0.39, 0.29) is 25.1 Å². The number of halogens is 1. The largest absolute Gasteiger partial charge is 0.394 e. The van der Waals surface area contributed by atoms with Crippen molar-refractivity contribution in [2.75, 3.05) is 38.1 Å². The Morgan fingerprint density at radius 1 is 1.00 bits per heavy atom. The zero-order chi connectivity index (χ0) is 15.9. The van der Waals surface area contributed by atoms with E-state index in [1.54, 1.807) is 0 Å². The molecule has 1 fully saturated rings. The van der Waals surface area contributed by atoms with Gasteiger partial charge in [0.25, 0.3) is 0 Å². The molecule has 1 atom stereocenters. The molecule has 0 amide bonds. The molecule has 2 aromatic carbocycles. The van der Waals surface area contributed by atoms with Crippen LogP contribution >= 0.6 is 12.4 Å². The SMILES string of the molecule is Cl.OC[C@H](c1ccc(NCc2ccccc2)cc1)N1CCNCC1. The van der Waals surface area contributed by atoms with E-state index in [9.17, 15) is 5.11 Å². The second kappa shape index (κ2) is 9.64. The molecule has 1 aliphatic rings. The van der Waals surface area contributed by atoms with E-state index in [1.165, 1.54) is 11.1 Å². The first-order valence-corrected chi connectivity index (χ1v) is 8.30. The predicted molar refractivity (Wildman–Crippen MR) is 102 cm³/mol. The van der Waals surface area contributed by atoms with E-state index < -0.39 is 0 Å². The first kappa shape index (κ1) is 18.7. The van der Waals surface area contributed by atoms with Crippen molar-refractivity contribution in [3.63, 3.8) is 0 Å². The monoisotopic (exact) mass is 347 g/mol. The lowest BCUT2D eigenvalue weighted by molar-refractivity contribution is 0.111. The van der Waals surface area contributed by atoms with Gasteiger partial charge in [-0.25, -0.2) is 0 Å². The maximum Gasteiger partial charge on any atom is 0.0628 e. The third-order valence-electron chi connectivity index (χ3n) is 4.40. The molecule has 24 heavy (non-hydrogen) atoms. The summed E-state index contributed by atoms with van der Waals surface area (Å²) < 4.78 is 0. The maximum absolute atomic E-state index is 9.78. The summed E-state index contributed by atoms with van der Waals surface area (Å²) in [5, 5.41) is 16.6. The van der Waals surface area contributed by atoms with Crippen molar-refractivity contribution in [2.24, 2.45) is 0 Å². The molecule has 0 aliphatic carbocycles. The van der Waals surface area contributed by atoms with E-state index in [2.05, 4.69) is 64.1 Å².